The Bertz CT molecular complexity index is 612. The Morgan fingerprint density at radius 3 is 2.55 bits per heavy atom. The molecule has 1 aromatic heterocycles. The fraction of sp³-hybridized carbons (Fsp3) is 0.500. The van der Waals surface area contributed by atoms with Crippen molar-refractivity contribution in [2.75, 3.05) is 5.88 Å². The molecule has 0 bridgehead atoms. The van der Waals surface area contributed by atoms with Crippen LogP contribution in [0.25, 0.3) is 11.4 Å². The highest BCUT2D eigenvalue weighted by atomic mass is 35.5. The third kappa shape index (κ3) is 4.50. The summed E-state index contributed by atoms with van der Waals surface area (Å²) in [6, 6.07) is 8.62. The third-order valence-corrected chi connectivity index (χ3v) is 4.32. The first-order valence-corrected chi connectivity index (χ1v) is 8.07. The second-order valence-electron chi connectivity index (χ2n) is 6.95. The first-order valence-electron chi connectivity index (χ1n) is 7.53. The number of rotatable bonds is 4. The lowest BCUT2D eigenvalue weighted by atomic mass is 9.86. The first-order chi connectivity index (χ1) is 9.81. The Balaban J connectivity index is 0.00000242. The van der Waals surface area contributed by atoms with Crippen molar-refractivity contribution in [3.8, 4) is 11.4 Å². The maximum absolute atomic E-state index is 5.91. The van der Waals surface area contributed by atoms with E-state index in [1.54, 1.807) is 0 Å². The molecule has 1 aromatic carbocycles. The van der Waals surface area contributed by atoms with E-state index in [0.29, 0.717) is 11.8 Å². The summed E-state index contributed by atoms with van der Waals surface area (Å²) in [6.45, 7) is 10.9. The average molecular weight is 341 g/mol. The minimum absolute atomic E-state index is 0. The molecule has 122 valence electrons. The van der Waals surface area contributed by atoms with E-state index in [2.05, 4.69) is 63.9 Å². The molecule has 2 aromatic rings. The summed E-state index contributed by atoms with van der Waals surface area (Å²) in [5.41, 5.74) is 4.88. The van der Waals surface area contributed by atoms with Gasteiger partial charge in [-0.2, -0.15) is 0 Å². The zero-order valence-electron chi connectivity index (χ0n) is 14.0. The Labute approximate surface area is 145 Å². The predicted octanol–water partition coefficient (Wildman–Crippen LogP) is 5.52. The van der Waals surface area contributed by atoms with Gasteiger partial charge in [-0.3, -0.25) is 0 Å². The van der Waals surface area contributed by atoms with E-state index in [9.17, 15) is 0 Å². The van der Waals surface area contributed by atoms with Gasteiger partial charge >= 0.3 is 0 Å². The maximum atomic E-state index is 5.91. The van der Waals surface area contributed by atoms with E-state index < -0.39 is 0 Å². The highest BCUT2D eigenvalue weighted by Crippen LogP contribution is 2.27. The minimum Gasteiger partial charge on any atom is -0.342 e. The molecule has 0 aliphatic heterocycles. The van der Waals surface area contributed by atoms with Crippen molar-refractivity contribution in [3.05, 3.63) is 41.2 Å². The van der Waals surface area contributed by atoms with Crippen LogP contribution < -0.4 is 0 Å². The molecule has 2 nitrogen and oxygen atoms in total. The van der Waals surface area contributed by atoms with Crippen molar-refractivity contribution < 1.29 is 0 Å². The van der Waals surface area contributed by atoms with Crippen LogP contribution in [-0.4, -0.2) is 15.8 Å². The molecule has 0 radical (unpaired) electrons. The lowest BCUT2D eigenvalue weighted by Gasteiger charge is -2.19. The molecule has 0 saturated heterocycles. The van der Waals surface area contributed by atoms with Gasteiger partial charge in [0, 0.05) is 17.1 Å². The van der Waals surface area contributed by atoms with Gasteiger partial charge in [0.25, 0.3) is 0 Å². The molecule has 0 fully saturated rings. The van der Waals surface area contributed by atoms with Gasteiger partial charge < -0.3 is 4.98 Å². The Kier molecular flexibility index (Phi) is 6.51. The average Bonchev–Trinajstić information content (AvgIpc) is 2.79. The molecule has 0 saturated carbocycles. The van der Waals surface area contributed by atoms with Gasteiger partial charge in [-0.05, 0) is 36.3 Å². The molecule has 0 amide bonds. The molecule has 0 spiro atoms. The highest BCUT2D eigenvalue weighted by molar-refractivity contribution is 6.18. The summed E-state index contributed by atoms with van der Waals surface area (Å²) in [7, 11) is 0. The van der Waals surface area contributed by atoms with Gasteiger partial charge in [0.05, 0.1) is 5.69 Å². The number of imidazole rings is 1. The van der Waals surface area contributed by atoms with E-state index in [0.717, 1.165) is 29.2 Å². The molecule has 4 heteroatoms. The van der Waals surface area contributed by atoms with E-state index in [1.165, 1.54) is 5.56 Å². The van der Waals surface area contributed by atoms with Crippen molar-refractivity contribution >= 4 is 24.0 Å². The second kappa shape index (κ2) is 7.52. The molecule has 1 N–H and O–H groups in total. The van der Waals surface area contributed by atoms with Crippen molar-refractivity contribution in [2.24, 2.45) is 5.92 Å². The Morgan fingerprint density at radius 2 is 1.95 bits per heavy atom. The van der Waals surface area contributed by atoms with Gasteiger partial charge in [0.1, 0.15) is 5.82 Å². The summed E-state index contributed by atoms with van der Waals surface area (Å²) < 4.78 is 0. The zero-order valence-corrected chi connectivity index (χ0v) is 15.6. The smallest absolute Gasteiger partial charge is 0.137 e. The summed E-state index contributed by atoms with van der Waals surface area (Å²) in [5, 5.41) is 0. The van der Waals surface area contributed by atoms with Crippen molar-refractivity contribution in [3.63, 3.8) is 0 Å². The Morgan fingerprint density at radius 1 is 1.27 bits per heavy atom. The number of alkyl halides is 1. The van der Waals surface area contributed by atoms with Crippen LogP contribution in [0.1, 0.15) is 44.6 Å². The molecule has 0 aliphatic rings. The number of hydrogen-bond acceptors (Lipinski definition) is 1. The van der Waals surface area contributed by atoms with Crippen LogP contribution >= 0.6 is 24.0 Å². The number of aryl methyl sites for hydroxylation is 1. The van der Waals surface area contributed by atoms with Crippen LogP contribution in [0.2, 0.25) is 0 Å². The summed E-state index contributed by atoms with van der Waals surface area (Å²) in [5.74, 6) is 2.07. The second-order valence-corrected chi connectivity index (χ2v) is 7.26. The van der Waals surface area contributed by atoms with Crippen molar-refractivity contribution in [1.82, 2.24) is 9.97 Å². The van der Waals surface area contributed by atoms with Crippen LogP contribution in [-0.2, 0) is 11.8 Å². The summed E-state index contributed by atoms with van der Waals surface area (Å²) in [4.78, 5) is 8.19. The van der Waals surface area contributed by atoms with Gasteiger partial charge in [-0.1, -0.05) is 45.9 Å². The van der Waals surface area contributed by atoms with Crippen molar-refractivity contribution in [2.45, 2.75) is 46.5 Å². The van der Waals surface area contributed by atoms with Gasteiger partial charge in [0.15, 0.2) is 0 Å². The quantitative estimate of drug-likeness (QED) is 0.729. The monoisotopic (exact) mass is 340 g/mol. The SMILES string of the molecule is Cc1[nH]c(-c2cccc(C(C)(C)C)c2)nc1CC(C)CCl.Cl. The molecule has 0 aliphatic carbocycles. The fourth-order valence-electron chi connectivity index (χ4n) is 2.35. The van der Waals surface area contributed by atoms with E-state index in [-0.39, 0.29) is 17.8 Å². The van der Waals surface area contributed by atoms with Gasteiger partial charge in [-0.25, -0.2) is 4.98 Å². The highest BCUT2D eigenvalue weighted by Gasteiger charge is 2.16. The number of benzene rings is 1. The largest absolute Gasteiger partial charge is 0.342 e. The molecule has 1 atom stereocenters. The number of halogens is 2. The molecule has 22 heavy (non-hydrogen) atoms. The van der Waals surface area contributed by atoms with Crippen LogP contribution in [0.3, 0.4) is 0 Å². The van der Waals surface area contributed by atoms with E-state index >= 15 is 0 Å². The normalized spacial score (nSPS) is 12.8. The number of hydrogen-bond donors (Lipinski definition) is 1. The lowest BCUT2D eigenvalue weighted by Crippen LogP contribution is -2.10. The maximum Gasteiger partial charge on any atom is 0.137 e. The predicted molar refractivity (Wildman–Crippen MR) is 98.3 cm³/mol. The van der Waals surface area contributed by atoms with Gasteiger partial charge in [-0.15, -0.1) is 24.0 Å². The number of aromatic nitrogens is 2. The number of nitrogens with zero attached hydrogens (tertiary/aromatic N) is 1. The first kappa shape index (κ1) is 19.1. The minimum atomic E-state index is 0. The van der Waals surface area contributed by atoms with Crippen LogP contribution in [0.4, 0.5) is 0 Å². The summed E-state index contributed by atoms with van der Waals surface area (Å²) >= 11 is 5.91. The topological polar surface area (TPSA) is 28.7 Å². The van der Waals surface area contributed by atoms with Crippen LogP contribution in [0.5, 0.6) is 0 Å². The number of aromatic amines is 1. The van der Waals surface area contributed by atoms with Crippen molar-refractivity contribution in [1.29, 1.82) is 0 Å². The molecular formula is C18H26Cl2N2. The van der Waals surface area contributed by atoms with Gasteiger partial charge in [0.2, 0.25) is 0 Å². The number of nitrogens with one attached hydrogen (secondary N) is 1. The zero-order chi connectivity index (χ0) is 15.6. The molecule has 1 unspecified atom stereocenters. The van der Waals surface area contributed by atoms with Crippen LogP contribution in [0.15, 0.2) is 24.3 Å². The lowest BCUT2D eigenvalue weighted by molar-refractivity contribution is 0.590. The molecular weight excluding hydrogens is 315 g/mol. The third-order valence-electron chi connectivity index (χ3n) is 3.79. The molecule has 2 rings (SSSR count). The van der Waals surface area contributed by atoms with E-state index in [4.69, 9.17) is 16.6 Å². The standard InChI is InChI=1S/C18H25ClN2.ClH/c1-12(11-19)9-16-13(2)20-17(21-16)14-7-6-8-15(10-14)18(3,4)5;/h6-8,10,12H,9,11H2,1-5H3,(H,20,21);1H. The Hall–Kier alpha value is -0.990. The summed E-state index contributed by atoms with van der Waals surface area (Å²) in [6.07, 6.45) is 0.921. The fourth-order valence-corrected chi connectivity index (χ4v) is 2.46. The van der Waals surface area contributed by atoms with E-state index in [1.807, 2.05) is 0 Å². The molecule has 1 heterocycles. The number of H-pyrrole nitrogens is 1. The van der Waals surface area contributed by atoms with Crippen LogP contribution in [0, 0.1) is 12.8 Å².